The number of β-lactam (4-membered cyclic amide) rings is 1. The Balaban J connectivity index is 1.10. The summed E-state index contributed by atoms with van der Waals surface area (Å²) in [5.74, 6) is -2.03. The molecule has 1 aromatic heterocycles. The standard InChI is InChI=1S/C44H36N6O6S2/c45-43-47-38(49-58-43)34(48-56-44(31-20-10-3-11-21-31,32-22-12-4-13-23-32)33-24-14-5-15-25-33)39(52)46-35-40(53)50-36(30(26-51)27-57-41(35)50)42(54)55-37(28-16-6-1-7-17-28)29-18-8-2-9-19-29/h1-25,35,37,41,51H,26-27H2,(H,46,52)(H2,45,47,49)/b48-34+/t35-,41-/m1/s1. The molecule has 290 valence electrons. The van der Waals surface area contributed by atoms with Gasteiger partial charge in [-0.15, -0.1) is 11.8 Å². The molecule has 1 saturated heterocycles. The second-order valence-electron chi connectivity index (χ2n) is 13.3. The molecule has 0 aliphatic carbocycles. The minimum atomic E-state index is -1.34. The van der Waals surface area contributed by atoms with Crippen LogP contribution in [0.1, 0.15) is 39.7 Å². The summed E-state index contributed by atoms with van der Waals surface area (Å²) < 4.78 is 10.4. The van der Waals surface area contributed by atoms with Gasteiger partial charge in [0.05, 0.1) is 6.61 Å². The van der Waals surface area contributed by atoms with Crippen LogP contribution in [-0.2, 0) is 29.6 Å². The van der Waals surface area contributed by atoms with Gasteiger partial charge in [0.1, 0.15) is 17.1 Å². The number of ether oxygens (including phenoxy) is 1. The first kappa shape index (κ1) is 38.3. The van der Waals surface area contributed by atoms with Crippen LogP contribution in [0.3, 0.4) is 0 Å². The van der Waals surface area contributed by atoms with Crippen LogP contribution < -0.4 is 11.1 Å². The van der Waals surface area contributed by atoms with Gasteiger partial charge in [-0.3, -0.25) is 14.5 Å². The highest BCUT2D eigenvalue weighted by Crippen LogP contribution is 2.43. The maximum atomic E-state index is 14.3. The maximum Gasteiger partial charge on any atom is 0.356 e. The third-order valence-electron chi connectivity index (χ3n) is 9.83. The highest BCUT2D eigenvalue weighted by atomic mass is 32.2. The van der Waals surface area contributed by atoms with Gasteiger partial charge < -0.3 is 25.7 Å². The lowest BCUT2D eigenvalue weighted by atomic mass is 9.80. The number of hydrogen-bond donors (Lipinski definition) is 3. The van der Waals surface area contributed by atoms with Gasteiger partial charge in [0.2, 0.25) is 17.1 Å². The lowest BCUT2D eigenvalue weighted by Gasteiger charge is -2.49. The number of aliphatic hydroxyl groups is 1. The topological polar surface area (TPSA) is 169 Å². The quantitative estimate of drug-likeness (QED) is 0.0426. The molecule has 2 atom stereocenters. The Hall–Kier alpha value is -6.61. The molecule has 14 heteroatoms. The molecule has 5 aromatic carbocycles. The van der Waals surface area contributed by atoms with Gasteiger partial charge in [-0.05, 0) is 16.7 Å². The van der Waals surface area contributed by atoms with Gasteiger partial charge in [0.25, 0.3) is 11.8 Å². The fourth-order valence-corrected chi connectivity index (χ4v) is 8.83. The largest absolute Gasteiger partial charge is 0.448 e. The van der Waals surface area contributed by atoms with Crippen LogP contribution in [0.25, 0.3) is 0 Å². The van der Waals surface area contributed by atoms with Gasteiger partial charge in [-0.1, -0.05) is 157 Å². The van der Waals surface area contributed by atoms with Crippen molar-refractivity contribution in [3.8, 4) is 0 Å². The first-order valence-corrected chi connectivity index (χ1v) is 20.1. The number of amides is 2. The summed E-state index contributed by atoms with van der Waals surface area (Å²) in [6, 6.07) is 45.9. The molecule has 4 N–H and O–H groups in total. The highest BCUT2D eigenvalue weighted by Gasteiger charge is 2.55. The molecule has 0 spiro atoms. The van der Waals surface area contributed by atoms with Crippen LogP contribution in [0.4, 0.5) is 5.13 Å². The van der Waals surface area contributed by atoms with Crippen molar-refractivity contribution in [2.24, 2.45) is 5.16 Å². The Morgan fingerprint density at radius 3 is 1.79 bits per heavy atom. The molecule has 1 fully saturated rings. The van der Waals surface area contributed by atoms with E-state index >= 15 is 0 Å². The molecular formula is C44H36N6O6S2. The number of rotatable bonds is 13. The molecular weight excluding hydrogens is 773 g/mol. The van der Waals surface area contributed by atoms with Crippen molar-refractivity contribution in [3.63, 3.8) is 0 Å². The number of aromatic nitrogens is 2. The number of aliphatic hydroxyl groups excluding tert-OH is 1. The van der Waals surface area contributed by atoms with E-state index in [-0.39, 0.29) is 28.1 Å². The third-order valence-corrected chi connectivity index (χ3v) is 11.7. The molecule has 6 aromatic rings. The number of nitrogen functional groups attached to an aromatic ring is 1. The van der Waals surface area contributed by atoms with E-state index in [2.05, 4.69) is 19.8 Å². The number of anilines is 1. The van der Waals surface area contributed by atoms with Crippen LogP contribution in [-0.4, -0.2) is 66.6 Å². The second-order valence-corrected chi connectivity index (χ2v) is 15.2. The maximum absolute atomic E-state index is 14.3. The molecule has 2 aliphatic rings. The number of nitrogens with zero attached hydrogens (tertiary/aromatic N) is 4. The molecule has 58 heavy (non-hydrogen) atoms. The second kappa shape index (κ2) is 16.9. The van der Waals surface area contributed by atoms with Gasteiger partial charge in [-0.25, -0.2) is 4.79 Å². The lowest BCUT2D eigenvalue weighted by molar-refractivity contribution is -0.154. The minimum Gasteiger partial charge on any atom is -0.448 e. The van der Waals surface area contributed by atoms with Crippen molar-refractivity contribution >= 4 is 51.9 Å². The SMILES string of the molecule is Nc1nc(/C(=N\OC(c2ccccc2)(c2ccccc2)c2ccccc2)C(=O)N[C@@H]2C(=O)N3C(C(=O)OC(c4ccccc4)c4ccccc4)=C(CO)CS[C@H]23)ns1. The number of benzene rings is 5. The van der Waals surface area contributed by atoms with E-state index in [1.807, 2.05) is 152 Å². The predicted molar refractivity (Wildman–Crippen MR) is 221 cm³/mol. The van der Waals surface area contributed by atoms with E-state index in [0.29, 0.717) is 5.57 Å². The average molecular weight is 809 g/mol. The third kappa shape index (κ3) is 7.36. The smallest absolute Gasteiger partial charge is 0.356 e. The first-order chi connectivity index (χ1) is 28.4. The van der Waals surface area contributed by atoms with Crippen LogP contribution in [0.5, 0.6) is 0 Å². The van der Waals surface area contributed by atoms with Crippen LogP contribution in [0.15, 0.2) is 168 Å². The average Bonchev–Trinajstić information content (AvgIpc) is 3.72. The molecule has 0 saturated carbocycles. The van der Waals surface area contributed by atoms with E-state index in [1.54, 1.807) is 0 Å². The summed E-state index contributed by atoms with van der Waals surface area (Å²) in [7, 11) is 0. The van der Waals surface area contributed by atoms with Crippen LogP contribution >= 0.6 is 23.3 Å². The normalized spacial score (nSPS) is 16.7. The van der Waals surface area contributed by atoms with Crippen molar-refractivity contribution in [2.45, 2.75) is 23.1 Å². The zero-order valence-corrected chi connectivity index (χ0v) is 32.4. The number of thioether (sulfide) groups is 1. The summed E-state index contributed by atoms with van der Waals surface area (Å²) in [5, 5.41) is 17.0. The number of nitrogens with two attached hydrogens (primary N) is 1. The lowest BCUT2D eigenvalue weighted by Crippen LogP contribution is -2.71. The Bertz CT molecular complexity index is 2330. The van der Waals surface area contributed by atoms with E-state index in [9.17, 15) is 19.5 Å². The van der Waals surface area contributed by atoms with Crippen molar-refractivity contribution in [1.82, 2.24) is 19.6 Å². The van der Waals surface area contributed by atoms with Gasteiger partial charge in [0, 0.05) is 34.0 Å². The number of carbonyl (C=O) groups is 3. The molecule has 0 unspecified atom stereocenters. The fourth-order valence-electron chi connectivity index (χ4n) is 7.06. The van der Waals surface area contributed by atoms with E-state index in [4.69, 9.17) is 15.3 Å². The molecule has 3 heterocycles. The highest BCUT2D eigenvalue weighted by molar-refractivity contribution is 8.00. The van der Waals surface area contributed by atoms with Crippen LogP contribution in [0, 0.1) is 0 Å². The number of esters is 1. The summed E-state index contributed by atoms with van der Waals surface area (Å²) in [4.78, 5) is 54.6. The summed E-state index contributed by atoms with van der Waals surface area (Å²) >= 11 is 2.18. The number of fused-ring (bicyclic) bond motifs is 1. The minimum absolute atomic E-state index is 0.0526. The van der Waals surface area contributed by atoms with Gasteiger partial charge in [-0.2, -0.15) is 9.36 Å². The molecule has 12 nitrogen and oxygen atoms in total. The van der Waals surface area contributed by atoms with Crippen molar-refractivity contribution in [1.29, 1.82) is 0 Å². The Morgan fingerprint density at radius 1 is 0.828 bits per heavy atom. The van der Waals surface area contributed by atoms with Crippen molar-refractivity contribution in [2.75, 3.05) is 18.1 Å². The predicted octanol–water partition coefficient (Wildman–Crippen LogP) is 5.81. The Morgan fingerprint density at radius 2 is 1.33 bits per heavy atom. The van der Waals surface area contributed by atoms with Gasteiger partial charge in [0.15, 0.2) is 11.2 Å². The molecule has 2 amide bonds. The molecule has 8 rings (SSSR count). The van der Waals surface area contributed by atoms with Crippen molar-refractivity contribution in [3.05, 3.63) is 197 Å². The number of oxime groups is 1. The van der Waals surface area contributed by atoms with Gasteiger partial charge >= 0.3 is 5.97 Å². The molecule has 0 bridgehead atoms. The molecule has 0 radical (unpaired) electrons. The number of nitrogens with one attached hydrogen (secondary N) is 1. The summed E-state index contributed by atoms with van der Waals surface area (Å²) in [5.41, 5.74) is 8.28. The number of carbonyl (C=O) groups excluding carboxylic acids is 3. The first-order valence-electron chi connectivity index (χ1n) is 18.3. The zero-order chi connectivity index (χ0) is 40.1. The van der Waals surface area contributed by atoms with Crippen molar-refractivity contribution < 1.29 is 29.1 Å². The Labute approximate surface area is 342 Å². The fraction of sp³-hybridized carbons (Fsp3) is 0.136. The van der Waals surface area contributed by atoms with E-state index in [1.165, 1.54) is 16.7 Å². The molecule has 2 aliphatic heterocycles. The zero-order valence-electron chi connectivity index (χ0n) is 30.8. The van der Waals surface area contributed by atoms with E-state index in [0.717, 1.165) is 39.3 Å². The summed E-state index contributed by atoms with van der Waals surface area (Å²) in [6.45, 7) is -0.469. The van der Waals surface area contributed by atoms with E-state index < -0.39 is 47.5 Å². The monoisotopic (exact) mass is 808 g/mol. The Kier molecular flexibility index (Phi) is 11.1. The number of hydrogen-bond acceptors (Lipinski definition) is 12. The summed E-state index contributed by atoms with van der Waals surface area (Å²) in [6.07, 6.45) is -0.783. The van der Waals surface area contributed by atoms with Crippen LogP contribution in [0.2, 0.25) is 0 Å².